The van der Waals surface area contributed by atoms with Crippen LogP contribution in [0, 0.1) is 5.41 Å². The van der Waals surface area contributed by atoms with Crippen LogP contribution in [0.4, 0.5) is 11.4 Å². The number of methoxy groups -OCH3 is 1. The Bertz CT molecular complexity index is 863. The molecule has 0 unspecified atom stereocenters. The van der Waals surface area contributed by atoms with Gasteiger partial charge in [0.1, 0.15) is 23.9 Å². The van der Waals surface area contributed by atoms with E-state index in [1.54, 1.807) is 49.6 Å². The predicted octanol–water partition coefficient (Wildman–Crippen LogP) is 3.07. The topological polar surface area (TPSA) is 85.9 Å². The van der Waals surface area contributed by atoms with Crippen LogP contribution >= 0.6 is 0 Å². The van der Waals surface area contributed by atoms with Crippen LogP contribution in [-0.2, 0) is 9.59 Å². The van der Waals surface area contributed by atoms with E-state index < -0.39 is 5.41 Å². The highest BCUT2D eigenvalue weighted by Gasteiger charge is 2.32. The summed E-state index contributed by atoms with van der Waals surface area (Å²) in [6.45, 7) is 3.76. The first-order valence-corrected chi connectivity index (χ1v) is 8.52. The number of rotatable bonds is 5. The molecule has 0 saturated carbocycles. The number of carbonyl (C=O) groups is 2. The van der Waals surface area contributed by atoms with Crippen LogP contribution in [0.5, 0.6) is 17.2 Å². The smallest absolute Gasteiger partial charge is 0.262 e. The monoisotopic (exact) mass is 370 g/mol. The number of fused-ring (bicyclic) bond motifs is 1. The van der Waals surface area contributed by atoms with Crippen LogP contribution in [0.3, 0.4) is 0 Å². The lowest BCUT2D eigenvalue weighted by atomic mass is 9.94. The highest BCUT2D eigenvalue weighted by Crippen LogP contribution is 2.34. The molecule has 7 heteroatoms. The van der Waals surface area contributed by atoms with Crippen molar-refractivity contribution in [2.75, 3.05) is 31.0 Å². The molecule has 2 amide bonds. The Morgan fingerprint density at radius 2 is 2.00 bits per heavy atom. The van der Waals surface area contributed by atoms with Gasteiger partial charge in [-0.05, 0) is 44.2 Å². The van der Waals surface area contributed by atoms with Gasteiger partial charge in [0.15, 0.2) is 6.61 Å². The molecule has 1 heterocycles. The van der Waals surface area contributed by atoms with Crippen LogP contribution in [0.1, 0.15) is 13.8 Å². The number of carbonyl (C=O) groups excluding carboxylic acids is 2. The lowest BCUT2D eigenvalue weighted by molar-refractivity contribution is -0.125. The van der Waals surface area contributed by atoms with Crippen molar-refractivity contribution in [3.63, 3.8) is 0 Å². The van der Waals surface area contributed by atoms with Crippen molar-refractivity contribution in [1.29, 1.82) is 0 Å². The minimum Gasteiger partial charge on any atom is -0.497 e. The van der Waals surface area contributed by atoms with Crippen LogP contribution < -0.4 is 24.8 Å². The number of ether oxygens (including phenoxy) is 3. The van der Waals surface area contributed by atoms with E-state index in [0.717, 1.165) is 0 Å². The molecule has 0 radical (unpaired) electrons. The summed E-state index contributed by atoms with van der Waals surface area (Å²) in [4.78, 5) is 24.4. The third-order valence-corrected chi connectivity index (χ3v) is 4.13. The summed E-state index contributed by atoms with van der Waals surface area (Å²) in [5.74, 6) is 1.30. The molecule has 0 fully saturated rings. The van der Waals surface area contributed by atoms with E-state index in [2.05, 4.69) is 10.6 Å². The summed E-state index contributed by atoms with van der Waals surface area (Å²) in [5.41, 5.74) is 0.432. The van der Waals surface area contributed by atoms with Gasteiger partial charge < -0.3 is 24.8 Å². The molecule has 0 aliphatic carbocycles. The Hall–Kier alpha value is -3.22. The molecule has 0 aromatic heterocycles. The predicted molar refractivity (Wildman–Crippen MR) is 101 cm³/mol. The van der Waals surface area contributed by atoms with E-state index in [1.165, 1.54) is 0 Å². The highest BCUT2D eigenvalue weighted by molar-refractivity contribution is 5.98. The summed E-state index contributed by atoms with van der Waals surface area (Å²) < 4.78 is 16.3. The SMILES string of the molecule is COc1cccc(OCC(=O)Nc2ccc3c(c2)NC(=O)C(C)(C)CO3)c1. The van der Waals surface area contributed by atoms with Gasteiger partial charge in [0, 0.05) is 11.8 Å². The molecule has 3 rings (SSSR count). The normalized spacial score (nSPS) is 14.9. The number of hydrogen-bond donors (Lipinski definition) is 2. The Balaban J connectivity index is 1.63. The van der Waals surface area contributed by atoms with Crippen LogP contribution in [0.25, 0.3) is 0 Å². The minimum atomic E-state index is -0.632. The van der Waals surface area contributed by atoms with E-state index in [1.807, 2.05) is 13.8 Å². The van der Waals surface area contributed by atoms with E-state index in [-0.39, 0.29) is 25.0 Å². The molecule has 2 aromatic carbocycles. The van der Waals surface area contributed by atoms with Crippen LogP contribution in [-0.4, -0.2) is 32.1 Å². The number of anilines is 2. The third kappa shape index (κ3) is 4.49. The van der Waals surface area contributed by atoms with Crippen molar-refractivity contribution >= 4 is 23.2 Å². The fourth-order valence-electron chi connectivity index (χ4n) is 2.48. The molecule has 7 nitrogen and oxygen atoms in total. The van der Waals surface area contributed by atoms with Gasteiger partial charge in [-0.25, -0.2) is 0 Å². The van der Waals surface area contributed by atoms with Gasteiger partial charge in [-0.15, -0.1) is 0 Å². The number of hydrogen-bond acceptors (Lipinski definition) is 5. The first-order chi connectivity index (χ1) is 12.9. The molecule has 27 heavy (non-hydrogen) atoms. The average molecular weight is 370 g/mol. The second-order valence-electron chi connectivity index (χ2n) is 6.85. The molecule has 0 spiro atoms. The lowest BCUT2D eigenvalue weighted by Gasteiger charge is -2.18. The molecule has 142 valence electrons. The van der Waals surface area contributed by atoms with Crippen molar-refractivity contribution in [2.45, 2.75) is 13.8 Å². The highest BCUT2D eigenvalue weighted by atomic mass is 16.5. The molecule has 0 saturated heterocycles. The summed E-state index contributed by atoms with van der Waals surface area (Å²) in [6.07, 6.45) is 0. The fraction of sp³-hybridized carbons (Fsp3) is 0.300. The quantitative estimate of drug-likeness (QED) is 0.845. The Labute approximate surface area is 157 Å². The zero-order chi connectivity index (χ0) is 19.4. The number of nitrogens with one attached hydrogen (secondary N) is 2. The first-order valence-electron chi connectivity index (χ1n) is 8.52. The molecular formula is C20H22N2O5. The zero-order valence-electron chi connectivity index (χ0n) is 15.5. The summed E-state index contributed by atoms with van der Waals surface area (Å²) in [6, 6.07) is 12.1. The van der Waals surface area contributed by atoms with Gasteiger partial charge in [0.05, 0.1) is 18.2 Å². The molecule has 2 aromatic rings. The molecule has 0 bridgehead atoms. The van der Waals surface area contributed by atoms with E-state index >= 15 is 0 Å². The largest absolute Gasteiger partial charge is 0.497 e. The Kier molecular flexibility index (Phi) is 5.21. The summed E-state index contributed by atoms with van der Waals surface area (Å²) >= 11 is 0. The third-order valence-electron chi connectivity index (χ3n) is 4.13. The number of benzene rings is 2. The zero-order valence-corrected chi connectivity index (χ0v) is 15.5. The van der Waals surface area contributed by atoms with Crippen LogP contribution in [0.2, 0.25) is 0 Å². The van der Waals surface area contributed by atoms with Crippen molar-refractivity contribution < 1.29 is 23.8 Å². The average Bonchev–Trinajstić information content (AvgIpc) is 2.76. The standard InChI is InChI=1S/C20H22N2O5/c1-20(2)12-27-17-8-7-13(9-16(17)22-19(20)24)21-18(23)11-26-15-6-4-5-14(10-15)25-3/h4-10H,11-12H2,1-3H3,(H,21,23)(H,22,24). The fourth-order valence-corrected chi connectivity index (χ4v) is 2.48. The second kappa shape index (κ2) is 7.57. The van der Waals surface area contributed by atoms with Crippen LogP contribution in [0.15, 0.2) is 42.5 Å². The maximum absolute atomic E-state index is 12.2. The number of amides is 2. The first kappa shape index (κ1) is 18.6. The van der Waals surface area contributed by atoms with Crippen molar-refractivity contribution in [2.24, 2.45) is 5.41 Å². The van der Waals surface area contributed by atoms with E-state index in [0.29, 0.717) is 28.6 Å². The molecule has 1 aliphatic heterocycles. The van der Waals surface area contributed by atoms with E-state index in [4.69, 9.17) is 14.2 Å². The Morgan fingerprint density at radius 1 is 1.22 bits per heavy atom. The maximum atomic E-state index is 12.2. The van der Waals surface area contributed by atoms with Crippen molar-refractivity contribution in [3.8, 4) is 17.2 Å². The molecule has 0 atom stereocenters. The Morgan fingerprint density at radius 3 is 2.78 bits per heavy atom. The van der Waals surface area contributed by atoms with Gasteiger partial charge in [-0.1, -0.05) is 6.07 Å². The van der Waals surface area contributed by atoms with E-state index in [9.17, 15) is 9.59 Å². The van der Waals surface area contributed by atoms with Crippen molar-refractivity contribution in [3.05, 3.63) is 42.5 Å². The maximum Gasteiger partial charge on any atom is 0.262 e. The van der Waals surface area contributed by atoms with Gasteiger partial charge >= 0.3 is 0 Å². The van der Waals surface area contributed by atoms with Gasteiger partial charge in [0.25, 0.3) is 5.91 Å². The minimum absolute atomic E-state index is 0.133. The summed E-state index contributed by atoms with van der Waals surface area (Å²) in [7, 11) is 1.56. The summed E-state index contributed by atoms with van der Waals surface area (Å²) in [5, 5.41) is 5.58. The molecular weight excluding hydrogens is 348 g/mol. The van der Waals surface area contributed by atoms with Crippen molar-refractivity contribution in [1.82, 2.24) is 0 Å². The molecule has 1 aliphatic rings. The lowest BCUT2D eigenvalue weighted by Crippen LogP contribution is -2.33. The second-order valence-corrected chi connectivity index (χ2v) is 6.85. The van der Waals surface area contributed by atoms with Gasteiger partial charge in [-0.2, -0.15) is 0 Å². The van der Waals surface area contributed by atoms with Gasteiger partial charge in [-0.3, -0.25) is 9.59 Å². The van der Waals surface area contributed by atoms with Gasteiger partial charge in [0.2, 0.25) is 5.91 Å². The molecule has 2 N–H and O–H groups in total.